The molecule has 0 radical (unpaired) electrons. The number of guanidine groups is 1. The number of H-pyrrole nitrogens is 1. The summed E-state index contributed by atoms with van der Waals surface area (Å²) < 4.78 is 0. The van der Waals surface area contributed by atoms with Gasteiger partial charge in [-0.25, -0.2) is 4.79 Å². The van der Waals surface area contributed by atoms with Gasteiger partial charge in [0.2, 0.25) is 0 Å². The van der Waals surface area contributed by atoms with Crippen LogP contribution in [0.15, 0.2) is 77.5 Å². The molecule has 12 heteroatoms. The van der Waals surface area contributed by atoms with Crippen molar-refractivity contribution in [2.75, 3.05) is 6.54 Å². The molecule has 0 saturated carbocycles. The largest absolute Gasteiger partial charge is 0.478 e. The molecule has 0 spiro atoms. The van der Waals surface area contributed by atoms with Gasteiger partial charge in [0.15, 0.2) is 12.2 Å². The second kappa shape index (κ2) is 18.0. The summed E-state index contributed by atoms with van der Waals surface area (Å²) in [7, 11) is 0. The Morgan fingerprint density at radius 2 is 1.87 bits per heavy atom. The second-order valence-corrected chi connectivity index (χ2v) is 15.2. The third kappa shape index (κ3) is 9.65. The number of nitrogens with zero attached hydrogens (tertiary/aromatic N) is 2. The lowest BCUT2D eigenvalue weighted by Crippen LogP contribution is -2.47. The van der Waals surface area contributed by atoms with Crippen molar-refractivity contribution in [1.29, 1.82) is 0 Å². The smallest absolute Gasteiger partial charge is 0.328 e. The topological polar surface area (TPSA) is 218 Å². The van der Waals surface area contributed by atoms with Gasteiger partial charge in [0.25, 0.3) is 0 Å². The molecule has 2 heterocycles. The first-order chi connectivity index (χ1) is 26.1. The number of carbonyl (C=O) groups is 3. The number of benzene rings is 2. The highest BCUT2D eigenvalue weighted by molar-refractivity contribution is 5.86. The van der Waals surface area contributed by atoms with Crippen LogP contribution < -0.4 is 16.8 Å². The number of allylic oxidation sites excluding steroid dienone is 2. The maximum Gasteiger partial charge on any atom is 0.328 e. The quantitative estimate of drug-likeness (QED) is 0.0384. The van der Waals surface area contributed by atoms with Gasteiger partial charge in [-0.05, 0) is 121 Å². The summed E-state index contributed by atoms with van der Waals surface area (Å²) in [6.45, 7) is 0.485. The third-order valence-corrected chi connectivity index (χ3v) is 11.6. The summed E-state index contributed by atoms with van der Waals surface area (Å²) in [5.74, 6) is 0.219. The highest BCUT2D eigenvalue weighted by Gasteiger charge is 2.43. The number of aldehydes is 2. The first-order valence-corrected chi connectivity index (χ1v) is 19.2. The zero-order valence-corrected chi connectivity index (χ0v) is 30.6. The maximum absolute atomic E-state index is 12.4. The Labute approximate surface area is 316 Å². The van der Waals surface area contributed by atoms with E-state index in [4.69, 9.17) is 16.8 Å². The molecule has 3 aliphatic rings. The van der Waals surface area contributed by atoms with Crippen molar-refractivity contribution >= 4 is 41.1 Å². The standard InChI is InChI=1S/C42H53N6O6/c43-32(10-4-26(24-50)5-12-39(51)52)11-9-27-7-8-29-20-31-19-28-6-3-25(14-17-49)18-30(28)21-33(31)41(27)34(29)22-37(47-38-2-1-15-45-38)35(23-40(53)54)36-13-16-46-42(44)48-36/h1-3,6-8,15,17-19,21,23-24,26-27,29,32,34,36-37,39,41,45,51-52H,4-5,9-14,16,20,22,43H2,(H,53,54)(H3,44,46,48)/q-1. The molecule has 0 amide bonds. The van der Waals surface area contributed by atoms with Gasteiger partial charge in [0.05, 0.1) is 6.04 Å². The van der Waals surface area contributed by atoms with Gasteiger partial charge in [-0.1, -0.05) is 66.6 Å². The van der Waals surface area contributed by atoms with E-state index in [1.165, 1.54) is 17.2 Å². The van der Waals surface area contributed by atoms with Gasteiger partial charge in [-0.2, -0.15) is 0 Å². The highest BCUT2D eigenvalue weighted by Crippen LogP contribution is 2.53. The number of carbonyl (C=O) groups excluding carboxylic acids is 2. The van der Waals surface area contributed by atoms with Crippen LogP contribution in [0.25, 0.3) is 16.1 Å². The zero-order valence-electron chi connectivity index (χ0n) is 30.6. The average Bonchev–Trinajstić information content (AvgIpc) is 3.66. The molecule has 2 aliphatic carbocycles. The number of carboxylic acid groups (broad SMARTS) is 1. The molecule has 9 N–H and O–H groups in total. The number of aliphatic hydroxyl groups excluding tert-OH is 1. The number of rotatable bonds is 19. The predicted octanol–water partition coefficient (Wildman–Crippen LogP) is 4.91. The van der Waals surface area contributed by atoms with Crippen molar-refractivity contribution in [3.63, 3.8) is 0 Å². The van der Waals surface area contributed by atoms with Crippen LogP contribution in [0.3, 0.4) is 0 Å². The van der Waals surface area contributed by atoms with E-state index in [1.807, 2.05) is 24.4 Å². The maximum atomic E-state index is 12.4. The normalized spacial score (nSPS) is 23.9. The SMILES string of the molecule is NC1=NCCC(C(=CC(=O)O)C(CC2C3C=CC(CCC(N)CCC(C=O)CCC(O)O)C2c2cc4cc(CC=O)ccc4cc2C3)[N-]c2ccc[nH]2)N1. The van der Waals surface area contributed by atoms with Crippen LogP contribution in [0.5, 0.6) is 0 Å². The van der Waals surface area contributed by atoms with Crippen LogP contribution in [0.2, 0.25) is 0 Å². The van der Waals surface area contributed by atoms with Crippen molar-refractivity contribution in [3.8, 4) is 0 Å². The molecule has 2 bridgehead atoms. The monoisotopic (exact) mass is 737 g/mol. The number of hydrogen-bond donors (Lipinski definition) is 7. The van der Waals surface area contributed by atoms with E-state index in [0.717, 1.165) is 48.2 Å². The van der Waals surface area contributed by atoms with E-state index < -0.39 is 18.3 Å². The van der Waals surface area contributed by atoms with Crippen LogP contribution in [-0.4, -0.2) is 75.8 Å². The minimum absolute atomic E-state index is 0.0993. The van der Waals surface area contributed by atoms with Gasteiger partial charge in [-0.15, -0.1) is 0 Å². The molecule has 8 atom stereocenters. The number of hydrogen-bond acceptors (Lipinski definition) is 9. The number of aliphatic hydroxyl groups is 2. The van der Waals surface area contributed by atoms with Gasteiger partial charge in [-0.3, -0.25) is 4.99 Å². The number of aliphatic imine (C=N–C) groups is 1. The fourth-order valence-electron chi connectivity index (χ4n) is 8.93. The van der Waals surface area contributed by atoms with E-state index in [9.17, 15) is 29.7 Å². The van der Waals surface area contributed by atoms with Crippen molar-refractivity contribution in [1.82, 2.24) is 10.3 Å². The number of aromatic nitrogens is 1. The van der Waals surface area contributed by atoms with Crippen LogP contribution in [0.1, 0.15) is 74.0 Å². The Morgan fingerprint density at radius 3 is 2.59 bits per heavy atom. The van der Waals surface area contributed by atoms with Crippen LogP contribution in [0, 0.1) is 23.7 Å². The molecule has 8 unspecified atom stereocenters. The molecule has 0 fully saturated rings. The van der Waals surface area contributed by atoms with Gasteiger partial charge in [0.1, 0.15) is 12.6 Å². The fourth-order valence-corrected chi connectivity index (χ4v) is 8.93. The van der Waals surface area contributed by atoms with Crippen LogP contribution in [-0.2, 0) is 27.2 Å². The summed E-state index contributed by atoms with van der Waals surface area (Å²) in [6, 6.07) is 13.6. The highest BCUT2D eigenvalue weighted by atomic mass is 16.5. The number of fused-ring (bicyclic) bond motifs is 5. The molecule has 2 aromatic carbocycles. The lowest BCUT2D eigenvalue weighted by molar-refractivity contribution is -0.131. The van der Waals surface area contributed by atoms with E-state index in [1.54, 1.807) is 0 Å². The van der Waals surface area contributed by atoms with Crippen LogP contribution in [0.4, 0.5) is 5.82 Å². The number of nitrogens with two attached hydrogens (primary N) is 2. The lowest BCUT2D eigenvalue weighted by atomic mass is 9.58. The molecule has 0 saturated heterocycles. The van der Waals surface area contributed by atoms with E-state index in [-0.39, 0.29) is 54.1 Å². The number of carboxylic acids is 1. The Morgan fingerprint density at radius 1 is 1.04 bits per heavy atom. The third-order valence-electron chi connectivity index (χ3n) is 11.6. The second-order valence-electron chi connectivity index (χ2n) is 15.2. The summed E-state index contributed by atoms with van der Waals surface area (Å²) in [6.07, 6.45) is 13.9. The molecule has 3 aromatic rings. The van der Waals surface area contributed by atoms with Crippen molar-refractivity contribution < 1.29 is 29.7 Å². The predicted molar refractivity (Wildman–Crippen MR) is 209 cm³/mol. The van der Waals surface area contributed by atoms with Crippen molar-refractivity contribution in [2.45, 2.75) is 94.5 Å². The van der Waals surface area contributed by atoms with Gasteiger partial charge < -0.3 is 52.0 Å². The van der Waals surface area contributed by atoms with Gasteiger partial charge >= 0.3 is 5.97 Å². The first-order valence-electron chi connectivity index (χ1n) is 19.2. The van der Waals surface area contributed by atoms with Crippen molar-refractivity contribution in [3.05, 3.63) is 94.5 Å². The van der Waals surface area contributed by atoms with Crippen LogP contribution >= 0.6 is 0 Å². The van der Waals surface area contributed by atoms with E-state index in [0.29, 0.717) is 56.5 Å². The minimum atomic E-state index is -1.43. The fraction of sp³-hybridized carbons (Fsp3) is 0.476. The summed E-state index contributed by atoms with van der Waals surface area (Å²) >= 11 is 0. The molecular formula is C42H53N6O6-. The minimum Gasteiger partial charge on any atom is -0.478 e. The molecule has 288 valence electrons. The van der Waals surface area contributed by atoms with Gasteiger partial charge in [0, 0.05) is 31.0 Å². The Balaban J connectivity index is 1.33. The van der Waals surface area contributed by atoms with E-state index >= 15 is 0 Å². The molecule has 1 aromatic heterocycles. The molecule has 54 heavy (non-hydrogen) atoms. The number of aromatic amines is 1. The number of nitrogens with one attached hydrogen (secondary N) is 2. The average molecular weight is 738 g/mol. The lowest BCUT2D eigenvalue weighted by Gasteiger charge is -2.48. The van der Waals surface area contributed by atoms with Crippen molar-refractivity contribution in [2.24, 2.45) is 40.1 Å². The molecule has 1 aliphatic heterocycles. The summed E-state index contributed by atoms with van der Waals surface area (Å²) in [5.41, 5.74) is 17.0. The Bertz CT molecular complexity index is 1850. The van der Waals surface area contributed by atoms with E-state index in [2.05, 4.69) is 51.7 Å². The first kappa shape index (κ1) is 38.9. The molecular weight excluding hydrogens is 684 g/mol. The Hall–Kier alpha value is -4.78. The number of aliphatic carboxylic acids is 1. The zero-order chi connectivity index (χ0) is 38.2. The summed E-state index contributed by atoms with van der Waals surface area (Å²) in [4.78, 5) is 42.9. The molecule has 6 rings (SSSR count). The molecule has 12 nitrogen and oxygen atoms in total. The summed E-state index contributed by atoms with van der Waals surface area (Å²) in [5, 5.41) is 39.3. The Kier molecular flexibility index (Phi) is 13.0.